The van der Waals surface area contributed by atoms with Crippen molar-refractivity contribution >= 4 is 23.3 Å². The van der Waals surface area contributed by atoms with E-state index in [0.717, 1.165) is 17.8 Å². The van der Waals surface area contributed by atoms with Gasteiger partial charge in [-0.15, -0.1) is 0 Å². The Bertz CT molecular complexity index is 410. The van der Waals surface area contributed by atoms with E-state index >= 15 is 0 Å². The van der Waals surface area contributed by atoms with Gasteiger partial charge in [-0.1, -0.05) is 0 Å². The van der Waals surface area contributed by atoms with Gasteiger partial charge in [-0.25, -0.2) is 9.97 Å². The number of amides is 1. The number of carbonyl (C=O) groups is 1. The minimum absolute atomic E-state index is 0.115. The molecule has 0 spiro atoms. The Balaban J connectivity index is 1.94. The lowest BCUT2D eigenvalue weighted by Gasteiger charge is -2.13. The van der Waals surface area contributed by atoms with Crippen LogP contribution in [0.25, 0.3) is 0 Å². The fourth-order valence-corrected chi connectivity index (χ4v) is 1.78. The second-order valence-corrected chi connectivity index (χ2v) is 4.19. The zero-order valence-electron chi connectivity index (χ0n) is 8.96. The van der Waals surface area contributed by atoms with Gasteiger partial charge in [-0.3, -0.25) is 4.79 Å². The molecule has 2 N–H and O–H groups in total. The molecule has 86 valence electrons. The van der Waals surface area contributed by atoms with Gasteiger partial charge in [0.1, 0.15) is 5.82 Å². The molecule has 1 saturated heterocycles. The van der Waals surface area contributed by atoms with Crippen LogP contribution in [-0.4, -0.2) is 28.5 Å². The molecule has 5 nitrogen and oxygen atoms in total. The fourth-order valence-electron chi connectivity index (χ4n) is 1.65. The van der Waals surface area contributed by atoms with Crippen molar-refractivity contribution in [3.8, 4) is 0 Å². The molecule has 1 aromatic rings. The second kappa shape index (κ2) is 4.65. The van der Waals surface area contributed by atoms with Crippen molar-refractivity contribution in [3.63, 3.8) is 0 Å². The largest absolute Gasteiger partial charge is 0.368 e. The van der Waals surface area contributed by atoms with E-state index in [1.807, 2.05) is 6.92 Å². The lowest BCUT2D eigenvalue weighted by Crippen LogP contribution is -2.32. The van der Waals surface area contributed by atoms with Gasteiger partial charge in [0.05, 0.1) is 0 Å². The van der Waals surface area contributed by atoms with E-state index in [1.165, 1.54) is 0 Å². The number of hydrogen-bond donors (Lipinski definition) is 2. The third-order valence-corrected chi connectivity index (χ3v) is 2.73. The predicted octanol–water partition coefficient (Wildman–Crippen LogP) is 1.13. The average Bonchev–Trinajstić information content (AvgIpc) is 2.66. The second-order valence-electron chi connectivity index (χ2n) is 3.85. The summed E-state index contributed by atoms with van der Waals surface area (Å²) in [6.07, 6.45) is 3.14. The number of rotatable bonds is 3. The maximum atomic E-state index is 11.0. The van der Waals surface area contributed by atoms with Gasteiger partial charge in [0.25, 0.3) is 0 Å². The molecular formula is C10H13ClN4O. The summed E-state index contributed by atoms with van der Waals surface area (Å²) in [5.41, 5.74) is 0.939. The van der Waals surface area contributed by atoms with Gasteiger partial charge in [0.2, 0.25) is 11.2 Å². The minimum Gasteiger partial charge on any atom is -0.368 e. The molecule has 1 unspecified atom stereocenters. The molecule has 16 heavy (non-hydrogen) atoms. The van der Waals surface area contributed by atoms with E-state index in [4.69, 9.17) is 11.6 Å². The minimum atomic E-state index is 0.115. The highest BCUT2D eigenvalue weighted by Crippen LogP contribution is 2.14. The number of aryl methyl sites for hydroxylation is 1. The van der Waals surface area contributed by atoms with Crippen LogP contribution >= 0.6 is 11.6 Å². The van der Waals surface area contributed by atoms with E-state index in [1.54, 1.807) is 6.20 Å². The van der Waals surface area contributed by atoms with Crippen molar-refractivity contribution in [1.29, 1.82) is 0 Å². The number of nitrogens with zero attached hydrogens (tertiary/aromatic N) is 2. The van der Waals surface area contributed by atoms with E-state index in [9.17, 15) is 4.79 Å². The molecule has 0 aromatic carbocycles. The standard InChI is InChI=1S/C10H13ClN4O/c1-6-4-13-10(11)15-9(6)12-5-7-2-3-8(16)14-7/h4,7H,2-3,5H2,1H3,(H,14,16)(H,12,13,15). The maximum Gasteiger partial charge on any atom is 0.224 e. The summed E-state index contributed by atoms with van der Waals surface area (Å²) in [5.74, 6) is 0.838. The van der Waals surface area contributed by atoms with Crippen molar-refractivity contribution in [2.45, 2.75) is 25.8 Å². The van der Waals surface area contributed by atoms with Crippen LogP contribution in [0.5, 0.6) is 0 Å². The van der Waals surface area contributed by atoms with E-state index in [2.05, 4.69) is 20.6 Å². The zero-order chi connectivity index (χ0) is 11.5. The van der Waals surface area contributed by atoms with Gasteiger partial charge in [0.15, 0.2) is 0 Å². The van der Waals surface area contributed by atoms with Crippen LogP contribution in [0.4, 0.5) is 5.82 Å². The molecule has 6 heteroatoms. The van der Waals surface area contributed by atoms with Crippen LogP contribution in [0, 0.1) is 6.92 Å². The van der Waals surface area contributed by atoms with E-state index < -0.39 is 0 Å². The van der Waals surface area contributed by atoms with Gasteiger partial charge < -0.3 is 10.6 Å². The van der Waals surface area contributed by atoms with Crippen LogP contribution in [0.2, 0.25) is 5.28 Å². The number of nitrogens with one attached hydrogen (secondary N) is 2. The van der Waals surface area contributed by atoms with Crippen molar-refractivity contribution in [1.82, 2.24) is 15.3 Å². The maximum absolute atomic E-state index is 11.0. The Hall–Kier alpha value is -1.36. The highest BCUT2D eigenvalue weighted by molar-refractivity contribution is 6.28. The van der Waals surface area contributed by atoms with Gasteiger partial charge in [-0.05, 0) is 24.9 Å². The Morgan fingerprint density at radius 3 is 3.19 bits per heavy atom. The smallest absolute Gasteiger partial charge is 0.224 e. The molecule has 1 aliphatic rings. The molecule has 0 radical (unpaired) electrons. The molecule has 2 rings (SSSR count). The zero-order valence-corrected chi connectivity index (χ0v) is 9.71. The molecule has 0 aliphatic carbocycles. The highest BCUT2D eigenvalue weighted by atomic mass is 35.5. The predicted molar refractivity (Wildman–Crippen MR) is 61.4 cm³/mol. The van der Waals surface area contributed by atoms with Crippen molar-refractivity contribution < 1.29 is 4.79 Å². The van der Waals surface area contributed by atoms with Crippen molar-refractivity contribution in [2.75, 3.05) is 11.9 Å². The molecular weight excluding hydrogens is 228 g/mol. The topological polar surface area (TPSA) is 66.9 Å². The Labute approximate surface area is 98.6 Å². The SMILES string of the molecule is Cc1cnc(Cl)nc1NCC1CCC(=O)N1. The van der Waals surface area contributed by atoms with Crippen LogP contribution in [0.15, 0.2) is 6.20 Å². The van der Waals surface area contributed by atoms with E-state index in [-0.39, 0.29) is 17.2 Å². The highest BCUT2D eigenvalue weighted by Gasteiger charge is 2.20. The number of hydrogen-bond acceptors (Lipinski definition) is 4. The quantitative estimate of drug-likeness (QED) is 0.778. The number of carbonyl (C=O) groups excluding carboxylic acids is 1. The van der Waals surface area contributed by atoms with Crippen LogP contribution < -0.4 is 10.6 Å². The first-order valence-corrected chi connectivity index (χ1v) is 5.55. The first kappa shape index (κ1) is 11.1. The number of halogens is 1. The molecule has 1 amide bonds. The number of anilines is 1. The van der Waals surface area contributed by atoms with Crippen LogP contribution in [0.1, 0.15) is 18.4 Å². The molecule has 2 heterocycles. The normalized spacial score (nSPS) is 19.6. The van der Waals surface area contributed by atoms with E-state index in [0.29, 0.717) is 13.0 Å². The molecule has 1 fully saturated rings. The fraction of sp³-hybridized carbons (Fsp3) is 0.500. The Kier molecular flexibility index (Phi) is 3.24. The van der Waals surface area contributed by atoms with Crippen LogP contribution in [0.3, 0.4) is 0 Å². The summed E-state index contributed by atoms with van der Waals surface area (Å²) in [6.45, 7) is 2.58. The monoisotopic (exact) mass is 240 g/mol. The van der Waals surface area contributed by atoms with Crippen molar-refractivity contribution in [3.05, 3.63) is 17.0 Å². The lowest BCUT2D eigenvalue weighted by atomic mass is 10.2. The molecule has 1 aliphatic heterocycles. The Morgan fingerprint density at radius 1 is 1.69 bits per heavy atom. The lowest BCUT2D eigenvalue weighted by molar-refractivity contribution is -0.119. The summed E-state index contributed by atoms with van der Waals surface area (Å²) in [6, 6.07) is 0.181. The average molecular weight is 241 g/mol. The summed E-state index contributed by atoms with van der Waals surface area (Å²) in [7, 11) is 0. The molecule has 0 bridgehead atoms. The third-order valence-electron chi connectivity index (χ3n) is 2.54. The number of aromatic nitrogens is 2. The molecule has 0 saturated carbocycles. The first-order valence-electron chi connectivity index (χ1n) is 5.17. The molecule has 1 atom stereocenters. The van der Waals surface area contributed by atoms with Gasteiger partial charge in [-0.2, -0.15) is 0 Å². The van der Waals surface area contributed by atoms with Gasteiger partial charge >= 0.3 is 0 Å². The van der Waals surface area contributed by atoms with Crippen molar-refractivity contribution in [2.24, 2.45) is 0 Å². The third kappa shape index (κ3) is 2.61. The summed E-state index contributed by atoms with van der Waals surface area (Å²) in [5, 5.41) is 6.27. The van der Waals surface area contributed by atoms with Crippen LogP contribution in [-0.2, 0) is 4.79 Å². The van der Waals surface area contributed by atoms with Gasteiger partial charge in [0, 0.05) is 30.8 Å². The summed E-state index contributed by atoms with van der Waals surface area (Å²) < 4.78 is 0. The molecule has 1 aromatic heterocycles. The first-order chi connectivity index (χ1) is 7.65. The Morgan fingerprint density at radius 2 is 2.50 bits per heavy atom. The summed E-state index contributed by atoms with van der Waals surface area (Å²) >= 11 is 5.70. The summed E-state index contributed by atoms with van der Waals surface area (Å²) in [4.78, 5) is 19.0.